The Kier molecular flexibility index (Phi) is 5.79. The van der Waals surface area contributed by atoms with Gasteiger partial charge in [-0.2, -0.15) is 5.10 Å². The number of benzene rings is 1. The van der Waals surface area contributed by atoms with Gasteiger partial charge in [-0.25, -0.2) is 4.68 Å². The van der Waals surface area contributed by atoms with Crippen LogP contribution in [0.1, 0.15) is 43.5 Å². The van der Waals surface area contributed by atoms with E-state index in [1.54, 1.807) is 11.7 Å². The molecule has 0 N–H and O–H groups in total. The molecule has 3 rings (SSSR count). The highest BCUT2D eigenvalue weighted by Gasteiger charge is 2.31. The van der Waals surface area contributed by atoms with Gasteiger partial charge in [0.1, 0.15) is 5.69 Å². The lowest BCUT2D eigenvalue weighted by molar-refractivity contribution is -0.384. The summed E-state index contributed by atoms with van der Waals surface area (Å²) in [6, 6.07) is 8.84. The van der Waals surface area contributed by atoms with Crippen molar-refractivity contribution in [3.05, 3.63) is 51.2 Å². The minimum atomic E-state index is -0.288. The Labute approximate surface area is 160 Å². The molecule has 1 saturated heterocycles. The van der Waals surface area contributed by atoms with Crippen LogP contribution in [0.3, 0.4) is 0 Å². The van der Waals surface area contributed by atoms with E-state index in [4.69, 9.17) is 0 Å². The van der Waals surface area contributed by atoms with Crippen molar-refractivity contribution in [3.8, 4) is 0 Å². The molecule has 0 radical (unpaired) electrons. The lowest BCUT2D eigenvalue weighted by atomic mass is 10.0. The van der Waals surface area contributed by atoms with Crippen LogP contribution in [-0.2, 0) is 20.0 Å². The van der Waals surface area contributed by atoms with Gasteiger partial charge in [0.15, 0.2) is 0 Å². The summed E-state index contributed by atoms with van der Waals surface area (Å²) in [5, 5.41) is 15.9. The molecule has 0 spiro atoms. The third-order valence-corrected chi connectivity index (χ3v) is 5.30. The van der Waals surface area contributed by atoms with Gasteiger partial charge in [-0.15, -0.1) is 0 Å². The van der Waals surface area contributed by atoms with Crippen LogP contribution in [0.2, 0.25) is 0 Å². The fraction of sp³-hybridized carbons (Fsp3) is 0.550. The molecule has 1 aliphatic heterocycles. The smallest absolute Gasteiger partial charge is 0.334 e. The van der Waals surface area contributed by atoms with E-state index >= 15 is 0 Å². The zero-order valence-electron chi connectivity index (χ0n) is 16.7. The normalized spacial score (nSPS) is 15.5. The highest BCUT2D eigenvalue weighted by atomic mass is 16.6. The van der Waals surface area contributed by atoms with E-state index in [0.29, 0.717) is 23.9 Å². The first-order valence-electron chi connectivity index (χ1n) is 9.67. The average Bonchev–Trinajstić information content (AvgIpc) is 2.99. The maximum Gasteiger partial charge on any atom is 0.334 e. The van der Waals surface area contributed by atoms with Gasteiger partial charge in [0.25, 0.3) is 0 Å². The number of hydrogen-bond acceptors (Lipinski definition) is 5. The van der Waals surface area contributed by atoms with Crippen molar-refractivity contribution in [1.29, 1.82) is 0 Å². The Morgan fingerprint density at radius 2 is 1.78 bits per heavy atom. The van der Waals surface area contributed by atoms with Crippen LogP contribution >= 0.6 is 0 Å². The van der Waals surface area contributed by atoms with E-state index in [9.17, 15) is 10.1 Å². The Balaban J connectivity index is 1.66. The first kappa shape index (κ1) is 19.4. The number of anilines is 1. The van der Waals surface area contributed by atoms with Gasteiger partial charge in [-0.3, -0.25) is 15.0 Å². The molecule has 1 aromatic heterocycles. The molecule has 1 aliphatic rings. The molecule has 146 valence electrons. The standard InChI is InChI=1S/C20H29N5O2/c1-5-18-19(25(26)27)20(22(4)21-18)24-12-10-23(11-13-24)14-16-6-8-17(9-7-16)15(2)3/h6-9,15H,5,10-14H2,1-4H3. The number of piperazine rings is 1. The van der Waals surface area contributed by atoms with Crippen LogP contribution in [0.4, 0.5) is 11.5 Å². The molecule has 27 heavy (non-hydrogen) atoms. The predicted molar refractivity (Wildman–Crippen MR) is 107 cm³/mol. The summed E-state index contributed by atoms with van der Waals surface area (Å²) in [7, 11) is 1.80. The SMILES string of the molecule is CCc1nn(C)c(N2CCN(Cc3ccc(C(C)C)cc3)CC2)c1[N+](=O)[O-]. The Morgan fingerprint density at radius 1 is 1.15 bits per heavy atom. The topological polar surface area (TPSA) is 67.4 Å². The summed E-state index contributed by atoms with van der Waals surface area (Å²) in [6.07, 6.45) is 0.566. The molecule has 0 saturated carbocycles. The molecule has 0 aliphatic carbocycles. The van der Waals surface area contributed by atoms with Gasteiger partial charge in [0.2, 0.25) is 5.82 Å². The second kappa shape index (κ2) is 8.08. The molecule has 1 aromatic carbocycles. The van der Waals surface area contributed by atoms with Gasteiger partial charge >= 0.3 is 5.69 Å². The van der Waals surface area contributed by atoms with Gasteiger partial charge in [-0.05, 0) is 23.5 Å². The highest BCUT2D eigenvalue weighted by molar-refractivity contribution is 5.61. The van der Waals surface area contributed by atoms with E-state index in [1.165, 1.54) is 11.1 Å². The summed E-state index contributed by atoms with van der Waals surface area (Å²) < 4.78 is 1.66. The largest absolute Gasteiger partial charge is 0.349 e. The molecule has 0 unspecified atom stereocenters. The fourth-order valence-corrected chi connectivity index (χ4v) is 3.72. The molecule has 2 heterocycles. The number of rotatable bonds is 6. The van der Waals surface area contributed by atoms with Crippen molar-refractivity contribution < 1.29 is 4.92 Å². The van der Waals surface area contributed by atoms with Crippen LogP contribution in [0.25, 0.3) is 0 Å². The second-order valence-corrected chi connectivity index (χ2v) is 7.51. The van der Waals surface area contributed by atoms with Crippen LogP contribution in [0, 0.1) is 10.1 Å². The van der Waals surface area contributed by atoms with Crippen molar-refractivity contribution >= 4 is 11.5 Å². The monoisotopic (exact) mass is 371 g/mol. The molecular formula is C20H29N5O2. The molecule has 2 aromatic rings. The minimum Gasteiger partial charge on any atom is -0.349 e. The summed E-state index contributed by atoms with van der Waals surface area (Å²) >= 11 is 0. The summed E-state index contributed by atoms with van der Waals surface area (Å²) in [4.78, 5) is 15.8. The van der Waals surface area contributed by atoms with Gasteiger partial charge < -0.3 is 4.90 Å². The number of nitro groups is 1. The predicted octanol–water partition coefficient (Wildman–Crippen LogP) is 3.34. The first-order valence-corrected chi connectivity index (χ1v) is 9.67. The minimum absolute atomic E-state index is 0.165. The van der Waals surface area contributed by atoms with E-state index in [1.807, 2.05) is 6.92 Å². The van der Waals surface area contributed by atoms with Gasteiger partial charge in [-0.1, -0.05) is 45.0 Å². The molecule has 7 nitrogen and oxygen atoms in total. The van der Waals surface area contributed by atoms with E-state index in [-0.39, 0.29) is 10.6 Å². The van der Waals surface area contributed by atoms with Crippen molar-refractivity contribution in [1.82, 2.24) is 14.7 Å². The Morgan fingerprint density at radius 3 is 2.30 bits per heavy atom. The molecule has 1 fully saturated rings. The summed E-state index contributed by atoms with van der Waals surface area (Å²) in [5.74, 6) is 1.18. The third-order valence-electron chi connectivity index (χ3n) is 5.30. The molecular weight excluding hydrogens is 342 g/mol. The number of hydrogen-bond donors (Lipinski definition) is 0. The Hall–Kier alpha value is -2.41. The number of aryl methyl sites for hydroxylation is 2. The first-order chi connectivity index (χ1) is 12.9. The van der Waals surface area contributed by atoms with Gasteiger partial charge in [0.05, 0.1) is 4.92 Å². The summed E-state index contributed by atoms with van der Waals surface area (Å²) in [5.41, 5.74) is 3.40. The lowest BCUT2D eigenvalue weighted by Crippen LogP contribution is -2.46. The highest BCUT2D eigenvalue weighted by Crippen LogP contribution is 2.32. The quantitative estimate of drug-likeness (QED) is 0.575. The van der Waals surface area contributed by atoms with Crippen LogP contribution in [0.15, 0.2) is 24.3 Å². The van der Waals surface area contributed by atoms with E-state index in [2.05, 4.69) is 53.0 Å². The third kappa shape index (κ3) is 4.13. The van der Waals surface area contributed by atoms with E-state index < -0.39 is 0 Å². The zero-order chi connectivity index (χ0) is 19.6. The Bertz CT molecular complexity index is 789. The number of aromatic nitrogens is 2. The fourth-order valence-electron chi connectivity index (χ4n) is 3.72. The molecule has 0 atom stereocenters. The molecule has 7 heteroatoms. The van der Waals surface area contributed by atoms with E-state index in [0.717, 1.165) is 32.7 Å². The molecule has 0 bridgehead atoms. The molecule has 0 amide bonds. The second-order valence-electron chi connectivity index (χ2n) is 7.51. The van der Waals surface area contributed by atoms with Gasteiger partial charge in [0, 0.05) is 39.8 Å². The van der Waals surface area contributed by atoms with Crippen LogP contribution in [-0.4, -0.2) is 45.8 Å². The number of nitrogens with zero attached hydrogens (tertiary/aromatic N) is 5. The maximum absolute atomic E-state index is 11.6. The summed E-state index contributed by atoms with van der Waals surface area (Å²) in [6.45, 7) is 10.5. The van der Waals surface area contributed by atoms with Crippen molar-refractivity contribution in [3.63, 3.8) is 0 Å². The van der Waals surface area contributed by atoms with Crippen LogP contribution in [0.5, 0.6) is 0 Å². The van der Waals surface area contributed by atoms with Crippen LogP contribution < -0.4 is 4.90 Å². The average molecular weight is 371 g/mol. The van der Waals surface area contributed by atoms with Crippen molar-refractivity contribution in [2.75, 3.05) is 31.1 Å². The lowest BCUT2D eigenvalue weighted by Gasteiger charge is -2.35. The van der Waals surface area contributed by atoms with Crippen molar-refractivity contribution in [2.45, 2.75) is 39.7 Å². The maximum atomic E-state index is 11.6. The van der Waals surface area contributed by atoms with Crippen molar-refractivity contribution in [2.24, 2.45) is 7.05 Å². The zero-order valence-corrected chi connectivity index (χ0v) is 16.7.